The highest BCUT2D eigenvalue weighted by Crippen LogP contribution is 2.23. The molecule has 0 saturated carbocycles. The molecule has 104 valence electrons. The van der Waals surface area contributed by atoms with E-state index in [2.05, 4.69) is 14.9 Å². The Hall–Kier alpha value is -1.11. The molecule has 0 radical (unpaired) electrons. The lowest BCUT2D eigenvalue weighted by molar-refractivity contribution is 0.336. The van der Waals surface area contributed by atoms with Crippen LogP contribution in [0.2, 0.25) is 0 Å². The molecule has 1 unspecified atom stereocenters. The molecule has 2 N–H and O–H groups in total. The Kier molecular flexibility index (Phi) is 5.58. The van der Waals surface area contributed by atoms with Gasteiger partial charge in [0.1, 0.15) is 0 Å². The Labute approximate surface area is 109 Å². The van der Waals surface area contributed by atoms with E-state index in [0.717, 1.165) is 31.1 Å². The van der Waals surface area contributed by atoms with Gasteiger partial charge in [0.2, 0.25) is 0 Å². The van der Waals surface area contributed by atoms with Gasteiger partial charge in [0.05, 0.1) is 31.6 Å². The lowest BCUT2D eigenvalue weighted by Crippen LogP contribution is -2.29. The van der Waals surface area contributed by atoms with Crippen molar-refractivity contribution in [3.63, 3.8) is 0 Å². The average Bonchev–Trinajstić information content (AvgIpc) is 2.68. The van der Waals surface area contributed by atoms with Crippen LogP contribution < -0.4 is 10.5 Å². The summed E-state index contributed by atoms with van der Waals surface area (Å²) in [4.78, 5) is 4.18. The Morgan fingerprint density at radius 3 is 2.50 bits per heavy atom. The highest BCUT2D eigenvalue weighted by atomic mass is 16.5. The third kappa shape index (κ3) is 3.97. The molecule has 1 heterocycles. The van der Waals surface area contributed by atoms with Crippen molar-refractivity contribution in [3.05, 3.63) is 11.9 Å². The number of likely N-dealkylation sites (N-methyl/N-ethyl adjacent to an activating group) is 2. The Balaban J connectivity index is 2.87. The van der Waals surface area contributed by atoms with Gasteiger partial charge in [-0.25, -0.2) is 0 Å². The predicted octanol–water partition coefficient (Wildman–Crippen LogP) is 0.0147. The monoisotopic (exact) mass is 255 g/mol. The van der Waals surface area contributed by atoms with Gasteiger partial charge >= 0.3 is 0 Å². The summed E-state index contributed by atoms with van der Waals surface area (Å²) < 4.78 is 7.28. The normalized spacial score (nSPS) is 13.3. The van der Waals surface area contributed by atoms with Crippen LogP contribution in [0.4, 0.5) is 0 Å². The Bertz CT molecular complexity index is 361. The first-order chi connectivity index (χ1) is 8.45. The first-order valence-corrected chi connectivity index (χ1v) is 6.10. The van der Waals surface area contributed by atoms with Crippen LogP contribution in [0.1, 0.15) is 11.7 Å². The van der Waals surface area contributed by atoms with E-state index in [1.807, 2.05) is 32.9 Å². The van der Waals surface area contributed by atoms with Crippen LogP contribution in [0.15, 0.2) is 6.20 Å². The van der Waals surface area contributed by atoms with Crippen molar-refractivity contribution in [3.8, 4) is 5.75 Å². The molecule has 1 aromatic heterocycles. The smallest absolute Gasteiger partial charge is 0.161 e. The molecule has 0 amide bonds. The summed E-state index contributed by atoms with van der Waals surface area (Å²) in [5.41, 5.74) is 7.19. The molecule has 0 spiro atoms. The van der Waals surface area contributed by atoms with Crippen LogP contribution in [0, 0.1) is 0 Å². The van der Waals surface area contributed by atoms with Gasteiger partial charge in [-0.15, -0.1) is 0 Å². The van der Waals surface area contributed by atoms with Crippen molar-refractivity contribution in [1.82, 2.24) is 19.6 Å². The lowest BCUT2D eigenvalue weighted by atomic mass is 10.2. The highest BCUT2D eigenvalue weighted by Gasteiger charge is 2.19. The van der Waals surface area contributed by atoms with Crippen LogP contribution in [0.25, 0.3) is 0 Å². The van der Waals surface area contributed by atoms with E-state index < -0.39 is 0 Å². The molecular weight excluding hydrogens is 230 g/mol. The molecule has 1 aromatic rings. The third-order valence-corrected chi connectivity index (χ3v) is 2.74. The molecule has 1 atom stereocenters. The van der Waals surface area contributed by atoms with Gasteiger partial charge in [-0.1, -0.05) is 0 Å². The SMILES string of the molecule is COc1cnn(CCN(C)C)c1C(N)CN(C)C. The van der Waals surface area contributed by atoms with Gasteiger partial charge in [-0.3, -0.25) is 4.68 Å². The summed E-state index contributed by atoms with van der Waals surface area (Å²) in [5.74, 6) is 0.767. The molecule has 18 heavy (non-hydrogen) atoms. The molecule has 0 aromatic carbocycles. The molecule has 0 aliphatic carbocycles. The zero-order chi connectivity index (χ0) is 13.7. The molecule has 6 nitrogen and oxygen atoms in total. The van der Waals surface area contributed by atoms with Crippen LogP contribution >= 0.6 is 0 Å². The minimum atomic E-state index is -0.0976. The van der Waals surface area contributed by atoms with Gasteiger partial charge in [-0.2, -0.15) is 5.10 Å². The van der Waals surface area contributed by atoms with Gasteiger partial charge < -0.3 is 20.3 Å². The second-order valence-corrected chi connectivity index (χ2v) is 4.99. The molecule has 6 heteroatoms. The number of nitrogens with zero attached hydrogens (tertiary/aromatic N) is 4. The van der Waals surface area contributed by atoms with Crippen molar-refractivity contribution in [2.45, 2.75) is 12.6 Å². The van der Waals surface area contributed by atoms with Crippen molar-refractivity contribution < 1.29 is 4.74 Å². The fraction of sp³-hybridized carbons (Fsp3) is 0.750. The highest BCUT2D eigenvalue weighted by molar-refractivity contribution is 5.28. The Morgan fingerprint density at radius 2 is 2.00 bits per heavy atom. The van der Waals surface area contributed by atoms with Crippen LogP contribution in [-0.2, 0) is 6.54 Å². The standard InChI is InChI=1S/C12H25N5O/c1-15(2)6-7-17-12(10(13)9-16(3)4)11(18-5)8-14-17/h8,10H,6-7,9,13H2,1-5H3. The second-order valence-electron chi connectivity index (χ2n) is 4.99. The van der Waals surface area contributed by atoms with Crippen molar-refractivity contribution >= 4 is 0 Å². The van der Waals surface area contributed by atoms with E-state index in [1.54, 1.807) is 13.3 Å². The predicted molar refractivity (Wildman–Crippen MR) is 72.8 cm³/mol. The average molecular weight is 255 g/mol. The number of rotatable bonds is 7. The number of methoxy groups -OCH3 is 1. The maximum Gasteiger partial charge on any atom is 0.161 e. The van der Waals surface area contributed by atoms with Gasteiger partial charge in [0.25, 0.3) is 0 Å². The first kappa shape index (κ1) is 14.9. The number of aromatic nitrogens is 2. The fourth-order valence-corrected chi connectivity index (χ4v) is 1.86. The van der Waals surface area contributed by atoms with Crippen LogP contribution in [0.3, 0.4) is 0 Å². The van der Waals surface area contributed by atoms with Crippen molar-refractivity contribution in [1.29, 1.82) is 0 Å². The van der Waals surface area contributed by atoms with E-state index in [1.165, 1.54) is 0 Å². The van der Waals surface area contributed by atoms with E-state index in [4.69, 9.17) is 10.5 Å². The zero-order valence-corrected chi connectivity index (χ0v) is 12.1. The summed E-state index contributed by atoms with van der Waals surface area (Å²) in [6.45, 7) is 2.50. The number of nitrogens with two attached hydrogens (primary N) is 1. The number of hydrogen-bond acceptors (Lipinski definition) is 5. The maximum absolute atomic E-state index is 6.23. The fourth-order valence-electron chi connectivity index (χ4n) is 1.86. The lowest BCUT2D eigenvalue weighted by Gasteiger charge is -2.20. The first-order valence-electron chi connectivity index (χ1n) is 6.10. The summed E-state index contributed by atoms with van der Waals surface area (Å²) in [5, 5.41) is 4.35. The summed E-state index contributed by atoms with van der Waals surface area (Å²) >= 11 is 0. The molecule has 0 aliphatic heterocycles. The minimum absolute atomic E-state index is 0.0976. The summed E-state index contributed by atoms with van der Waals surface area (Å²) in [6, 6.07) is -0.0976. The third-order valence-electron chi connectivity index (χ3n) is 2.74. The molecule has 0 saturated heterocycles. The Morgan fingerprint density at radius 1 is 1.33 bits per heavy atom. The molecule has 0 fully saturated rings. The van der Waals surface area contributed by atoms with E-state index in [0.29, 0.717) is 0 Å². The molecule has 1 rings (SSSR count). The van der Waals surface area contributed by atoms with Crippen LogP contribution in [0.5, 0.6) is 5.75 Å². The summed E-state index contributed by atoms with van der Waals surface area (Å²) in [6.07, 6.45) is 1.74. The van der Waals surface area contributed by atoms with E-state index in [9.17, 15) is 0 Å². The van der Waals surface area contributed by atoms with Gasteiger partial charge in [-0.05, 0) is 28.2 Å². The van der Waals surface area contributed by atoms with E-state index in [-0.39, 0.29) is 6.04 Å². The minimum Gasteiger partial charge on any atom is -0.493 e. The molecule has 0 aliphatic rings. The maximum atomic E-state index is 6.23. The quantitative estimate of drug-likeness (QED) is 0.744. The molecular formula is C12H25N5O. The van der Waals surface area contributed by atoms with Gasteiger partial charge in [0, 0.05) is 13.1 Å². The topological polar surface area (TPSA) is 59.6 Å². The molecule has 0 bridgehead atoms. The van der Waals surface area contributed by atoms with Crippen LogP contribution in [-0.4, -0.2) is 68.0 Å². The van der Waals surface area contributed by atoms with Crippen molar-refractivity contribution in [2.75, 3.05) is 48.4 Å². The van der Waals surface area contributed by atoms with Gasteiger partial charge in [0.15, 0.2) is 5.75 Å². The zero-order valence-electron chi connectivity index (χ0n) is 12.1. The van der Waals surface area contributed by atoms with Crippen molar-refractivity contribution in [2.24, 2.45) is 5.73 Å². The summed E-state index contributed by atoms with van der Waals surface area (Å²) in [7, 11) is 9.75. The number of hydrogen-bond donors (Lipinski definition) is 1. The van der Waals surface area contributed by atoms with E-state index >= 15 is 0 Å². The largest absolute Gasteiger partial charge is 0.493 e. The second kappa shape index (κ2) is 6.72. The number of ether oxygens (including phenoxy) is 1.